The Morgan fingerprint density at radius 2 is 2.29 bits per heavy atom. The summed E-state index contributed by atoms with van der Waals surface area (Å²) in [4.78, 5) is 22.4. The van der Waals surface area contributed by atoms with Crippen LogP contribution in [0, 0.1) is 22.7 Å². The molecule has 0 saturated heterocycles. The Morgan fingerprint density at radius 3 is 2.92 bits per heavy atom. The standard InChI is InChI=1S/C15H9N5O2S2/c1-2-22-8-18-13-11(7-17)24-15-19-12(10-4-3-5-23-10)9(6-16)14(21)20(13)15/h3-5,8H,2H2,1H3/b18-8+. The number of fused-ring (bicyclic) bond motifs is 1. The summed E-state index contributed by atoms with van der Waals surface area (Å²) in [5.41, 5.74) is -0.305. The molecule has 0 atom stereocenters. The average Bonchev–Trinajstić information content (AvgIpc) is 3.22. The monoisotopic (exact) mass is 355 g/mol. The molecule has 0 aromatic carbocycles. The zero-order valence-electron chi connectivity index (χ0n) is 12.4. The molecule has 3 heterocycles. The van der Waals surface area contributed by atoms with E-state index in [2.05, 4.69) is 9.98 Å². The van der Waals surface area contributed by atoms with E-state index in [0.717, 1.165) is 16.2 Å². The fraction of sp³-hybridized carbons (Fsp3) is 0.133. The predicted molar refractivity (Wildman–Crippen MR) is 91.9 cm³/mol. The molecule has 118 valence electrons. The first-order chi connectivity index (χ1) is 11.7. The summed E-state index contributed by atoms with van der Waals surface area (Å²) in [5.74, 6) is 0.123. The van der Waals surface area contributed by atoms with Crippen LogP contribution in [0.4, 0.5) is 5.82 Å². The lowest BCUT2D eigenvalue weighted by atomic mass is 10.2. The lowest BCUT2D eigenvalue weighted by Gasteiger charge is -2.02. The van der Waals surface area contributed by atoms with Crippen LogP contribution in [0.5, 0.6) is 0 Å². The summed E-state index contributed by atoms with van der Waals surface area (Å²) in [7, 11) is 0. The van der Waals surface area contributed by atoms with Crippen LogP contribution in [-0.4, -0.2) is 22.4 Å². The molecule has 9 heteroatoms. The summed E-state index contributed by atoms with van der Waals surface area (Å²) in [5, 5.41) is 20.5. The van der Waals surface area contributed by atoms with Gasteiger partial charge in [-0.25, -0.2) is 9.38 Å². The van der Waals surface area contributed by atoms with Gasteiger partial charge in [-0.1, -0.05) is 17.4 Å². The summed E-state index contributed by atoms with van der Waals surface area (Å²) in [6.07, 6.45) is 1.17. The molecule has 24 heavy (non-hydrogen) atoms. The summed E-state index contributed by atoms with van der Waals surface area (Å²) < 4.78 is 6.21. The minimum absolute atomic E-state index is 0.0786. The topological polar surface area (TPSA) is 104 Å². The zero-order chi connectivity index (χ0) is 17.1. The number of hydrogen-bond acceptors (Lipinski definition) is 8. The molecule has 0 aliphatic carbocycles. The molecule has 0 N–H and O–H groups in total. The third-order valence-electron chi connectivity index (χ3n) is 3.04. The number of aromatic nitrogens is 2. The highest BCUT2D eigenvalue weighted by Crippen LogP contribution is 2.31. The van der Waals surface area contributed by atoms with Crippen LogP contribution in [0.2, 0.25) is 0 Å². The number of thiazole rings is 1. The van der Waals surface area contributed by atoms with Gasteiger partial charge in [0.05, 0.1) is 11.5 Å². The second kappa shape index (κ2) is 6.62. The van der Waals surface area contributed by atoms with E-state index in [-0.39, 0.29) is 16.3 Å². The molecule has 0 aliphatic heterocycles. The maximum atomic E-state index is 12.7. The summed E-state index contributed by atoms with van der Waals surface area (Å²) >= 11 is 2.43. The molecule has 0 unspecified atom stereocenters. The lowest BCUT2D eigenvalue weighted by molar-refractivity contribution is 0.344. The van der Waals surface area contributed by atoms with Crippen LogP contribution in [0.3, 0.4) is 0 Å². The van der Waals surface area contributed by atoms with Gasteiger partial charge in [-0.05, 0) is 18.4 Å². The highest BCUT2D eigenvalue weighted by molar-refractivity contribution is 7.18. The first kappa shape index (κ1) is 15.9. The Kier molecular flexibility index (Phi) is 4.38. The maximum absolute atomic E-state index is 12.7. The number of rotatable bonds is 4. The highest BCUT2D eigenvalue weighted by atomic mass is 32.1. The second-order valence-electron chi connectivity index (χ2n) is 4.40. The van der Waals surface area contributed by atoms with E-state index in [1.54, 1.807) is 13.0 Å². The minimum Gasteiger partial charge on any atom is -0.483 e. The smallest absolute Gasteiger partial charge is 0.278 e. The van der Waals surface area contributed by atoms with Crippen molar-refractivity contribution in [2.24, 2.45) is 4.99 Å². The molecule has 3 rings (SSSR count). The van der Waals surface area contributed by atoms with Crippen LogP contribution in [-0.2, 0) is 4.74 Å². The van der Waals surface area contributed by atoms with Crippen LogP contribution in [0.25, 0.3) is 15.5 Å². The van der Waals surface area contributed by atoms with Gasteiger partial charge in [0.1, 0.15) is 23.4 Å². The van der Waals surface area contributed by atoms with Crippen molar-refractivity contribution in [3.8, 4) is 22.7 Å². The van der Waals surface area contributed by atoms with E-state index in [4.69, 9.17) is 4.74 Å². The molecule has 0 fully saturated rings. The largest absolute Gasteiger partial charge is 0.483 e. The molecule has 0 radical (unpaired) electrons. The average molecular weight is 355 g/mol. The quantitative estimate of drug-likeness (QED) is 0.529. The van der Waals surface area contributed by atoms with Crippen LogP contribution in [0.15, 0.2) is 27.3 Å². The molecule has 3 aromatic heterocycles. The Morgan fingerprint density at radius 1 is 1.46 bits per heavy atom. The molecule has 0 amide bonds. The van der Waals surface area contributed by atoms with Gasteiger partial charge in [0, 0.05) is 0 Å². The Labute approximate surface area is 144 Å². The van der Waals surface area contributed by atoms with E-state index < -0.39 is 5.56 Å². The molecule has 0 bridgehead atoms. The zero-order valence-corrected chi connectivity index (χ0v) is 14.0. The first-order valence-electron chi connectivity index (χ1n) is 6.79. The fourth-order valence-electron chi connectivity index (χ4n) is 2.04. The number of hydrogen-bond donors (Lipinski definition) is 0. The molecule has 7 nitrogen and oxygen atoms in total. The number of thiophene rings is 1. The van der Waals surface area contributed by atoms with E-state index in [1.165, 1.54) is 22.1 Å². The first-order valence-corrected chi connectivity index (χ1v) is 8.48. The predicted octanol–water partition coefficient (Wildman–Crippen LogP) is 2.92. The van der Waals surface area contributed by atoms with Crippen molar-refractivity contribution in [1.29, 1.82) is 10.5 Å². The van der Waals surface area contributed by atoms with Gasteiger partial charge in [-0.3, -0.25) is 4.79 Å². The Balaban J connectivity index is 2.35. The van der Waals surface area contributed by atoms with Crippen molar-refractivity contribution < 1.29 is 4.74 Å². The van der Waals surface area contributed by atoms with Crippen LogP contribution >= 0.6 is 22.7 Å². The van der Waals surface area contributed by atoms with Gasteiger partial charge in [0.25, 0.3) is 5.56 Å². The molecular weight excluding hydrogens is 346 g/mol. The van der Waals surface area contributed by atoms with Crippen molar-refractivity contribution in [3.05, 3.63) is 38.3 Å². The molecule has 0 aliphatic rings. The van der Waals surface area contributed by atoms with Gasteiger partial charge in [-0.15, -0.1) is 11.3 Å². The summed E-state index contributed by atoms with van der Waals surface area (Å²) in [6, 6.07) is 7.52. The van der Waals surface area contributed by atoms with Gasteiger partial charge in [-0.2, -0.15) is 15.5 Å². The van der Waals surface area contributed by atoms with E-state index in [9.17, 15) is 15.3 Å². The van der Waals surface area contributed by atoms with Crippen molar-refractivity contribution in [2.45, 2.75) is 6.92 Å². The molecular formula is C15H9N5O2S2. The van der Waals surface area contributed by atoms with Crippen molar-refractivity contribution >= 4 is 39.9 Å². The normalized spacial score (nSPS) is 10.8. The SMILES string of the molecule is CCO/C=N/c1c(C#N)sc2nc(-c3cccs3)c(C#N)c(=O)n12. The van der Waals surface area contributed by atoms with Gasteiger partial charge in [0.2, 0.25) is 0 Å². The van der Waals surface area contributed by atoms with E-state index >= 15 is 0 Å². The fourth-order valence-corrected chi connectivity index (χ4v) is 3.62. The minimum atomic E-state index is -0.549. The number of nitriles is 2. The highest BCUT2D eigenvalue weighted by Gasteiger charge is 2.21. The van der Waals surface area contributed by atoms with E-state index in [0.29, 0.717) is 17.3 Å². The lowest BCUT2D eigenvalue weighted by Crippen LogP contribution is -2.18. The van der Waals surface area contributed by atoms with Gasteiger partial charge >= 0.3 is 0 Å². The maximum Gasteiger partial charge on any atom is 0.278 e. The number of ether oxygens (including phenoxy) is 1. The van der Waals surface area contributed by atoms with Crippen molar-refractivity contribution in [2.75, 3.05) is 6.61 Å². The van der Waals surface area contributed by atoms with Crippen LogP contribution < -0.4 is 5.56 Å². The summed E-state index contributed by atoms with van der Waals surface area (Å²) in [6.45, 7) is 2.20. The molecule has 3 aromatic rings. The number of aliphatic imine (C=N–C) groups is 1. The van der Waals surface area contributed by atoms with E-state index in [1.807, 2.05) is 23.6 Å². The molecule has 0 spiro atoms. The Hall–Kier alpha value is -3.01. The van der Waals surface area contributed by atoms with Crippen LogP contribution in [0.1, 0.15) is 17.4 Å². The van der Waals surface area contributed by atoms with Gasteiger partial charge in [0.15, 0.2) is 22.1 Å². The third-order valence-corrected chi connectivity index (χ3v) is 4.86. The van der Waals surface area contributed by atoms with Crippen molar-refractivity contribution in [1.82, 2.24) is 9.38 Å². The molecule has 0 saturated carbocycles. The van der Waals surface area contributed by atoms with Gasteiger partial charge < -0.3 is 4.74 Å². The van der Waals surface area contributed by atoms with Crippen molar-refractivity contribution in [3.63, 3.8) is 0 Å². The third kappa shape index (κ3) is 2.56. The second-order valence-corrected chi connectivity index (χ2v) is 6.33. The Bertz CT molecular complexity index is 1060. The number of nitrogens with zero attached hydrogens (tertiary/aromatic N) is 5.